The zero-order valence-corrected chi connectivity index (χ0v) is 15.0. The van der Waals surface area contributed by atoms with Gasteiger partial charge in [0.05, 0.1) is 6.54 Å². The number of likely N-dealkylation sites (N-methyl/N-ethyl adjacent to an activating group) is 1. The number of nitrogens with one attached hydrogen (secondary N) is 1. The van der Waals surface area contributed by atoms with Crippen molar-refractivity contribution in [3.8, 4) is 5.75 Å². The zero-order valence-electron chi connectivity index (χ0n) is 15.0. The fourth-order valence-electron chi connectivity index (χ4n) is 3.23. The summed E-state index contributed by atoms with van der Waals surface area (Å²) >= 11 is 0. The van der Waals surface area contributed by atoms with Crippen LogP contribution in [0.15, 0.2) is 39.5 Å². The van der Waals surface area contributed by atoms with E-state index < -0.39 is 11.6 Å². The molecule has 1 aromatic carbocycles. The predicted molar refractivity (Wildman–Crippen MR) is 97.8 cm³/mol. The molecule has 0 atom stereocenters. The highest BCUT2D eigenvalue weighted by Crippen LogP contribution is 2.25. The summed E-state index contributed by atoms with van der Waals surface area (Å²) in [6, 6.07) is 8.26. The molecular formula is C19H22N2O6. The minimum atomic E-state index is -0.844. The molecule has 0 radical (unpaired) electrons. The third-order valence-corrected chi connectivity index (χ3v) is 4.70. The SMILES string of the molecule is CCN(CC(=O)O)C1CC(NC(=O)COc2ccc3ccc(=O)oc3c2)C1. The molecule has 2 aromatic rings. The van der Waals surface area contributed by atoms with E-state index in [1.807, 2.05) is 11.8 Å². The van der Waals surface area contributed by atoms with Gasteiger partial charge in [-0.05, 0) is 37.6 Å². The summed E-state index contributed by atoms with van der Waals surface area (Å²) in [5.41, 5.74) is -0.0405. The number of hydrogen-bond donors (Lipinski definition) is 2. The van der Waals surface area contributed by atoms with E-state index in [1.165, 1.54) is 6.07 Å². The smallest absolute Gasteiger partial charge is 0.336 e. The normalized spacial score (nSPS) is 18.9. The molecule has 1 amide bonds. The Hall–Kier alpha value is -2.87. The molecule has 1 fully saturated rings. The van der Waals surface area contributed by atoms with Crippen molar-refractivity contribution < 1.29 is 23.8 Å². The number of carboxylic acid groups (broad SMARTS) is 1. The highest BCUT2D eigenvalue weighted by molar-refractivity contribution is 5.79. The van der Waals surface area contributed by atoms with Crippen LogP contribution < -0.4 is 15.7 Å². The van der Waals surface area contributed by atoms with Gasteiger partial charge < -0.3 is 19.6 Å². The van der Waals surface area contributed by atoms with E-state index in [-0.39, 0.29) is 31.1 Å². The molecule has 27 heavy (non-hydrogen) atoms. The molecule has 1 aromatic heterocycles. The first kappa shape index (κ1) is 18.9. The Kier molecular flexibility index (Phi) is 5.75. The molecule has 3 rings (SSSR count). The molecule has 0 bridgehead atoms. The number of aliphatic carboxylic acids is 1. The van der Waals surface area contributed by atoms with E-state index in [0.717, 1.165) is 18.2 Å². The quantitative estimate of drug-likeness (QED) is 0.669. The molecule has 144 valence electrons. The van der Waals surface area contributed by atoms with Crippen LogP contribution in [0.4, 0.5) is 0 Å². The fourth-order valence-corrected chi connectivity index (χ4v) is 3.23. The summed E-state index contributed by atoms with van der Waals surface area (Å²) in [6.45, 7) is 2.46. The second kappa shape index (κ2) is 8.22. The molecule has 2 N–H and O–H groups in total. The van der Waals surface area contributed by atoms with E-state index in [2.05, 4.69) is 5.32 Å². The first-order valence-electron chi connectivity index (χ1n) is 8.86. The molecule has 0 unspecified atom stereocenters. The molecule has 8 nitrogen and oxygen atoms in total. The third kappa shape index (κ3) is 4.85. The summed E-state index contributed by atoms with van der Waals surface area (Å²) in [5, 5.41) is 12.6. The highest BCUT2D eigenvalue weighted by Gasteiger charge is 2.34. The predicted octanol–water partition coefficient (Wildman–Crippen LogP) is 1.23. The van der Waals surface area contributed by atoms with Crippen molar-refractivity contribution in [2.45, 2.75) is 31.8 Å². The summed E-state index contributed by atoms with van der Waals surface area (Å²) in [5.74, 6) is -0.643. The van der Waals surface area contributed by atoms with E-state index in [1.54, 1.807) is 24.3 Å². The lowest BCUT2D eigenvalue weighted by atomic mass is 9.85. The van der Waals surface area contributed by atoms with E-state index in [0.29, 0.717) is 17.9 Å². The number of carboxylic acids is 1. The van der Waals surface area contributed by atoms with Gasteiger partial charge in [0.15, 0.2) is 6.61 Å². The summed E-state index contributed by atoms with van der Waals surface area (Å²) in [6.07, 6.45) is 1.46. The summed E-state index contributed by atoms with van der Waals surface area (Å²) in [4.78, 5) is 36.0. The van der Waals surface area contributed by atoms with Crippen molar-refractivity contribution in [3.05, 3.63) is 40.8 Å². The molecule has 8 heteroatoms. The van der Waals surface area contributed by atoms with Crippen molar-refractivity contribution in [3.63, 3.8) is 0 Å². The van der Waals surface area contributed by atoms with Crippen molar-refractivity contribution in [1.29, 1.82) is 0 Å². The maximum Gasteiger partial charge on any atom is 0.336 e. The number of fused-ring (bicyclic) bond motifs is 1. The van der Waals surface area contributed by atoms with Crippen LogP contribution >= 0.6 is 0 Å². The Balaban J connectivity index is 1.45. The maximum absolute atomic E-state index is 12.0. The number of rotatable bonds is 8. The molecule has 0 aliphatic heterocycles. The Labute approximate surface area is 155 Å². The van der Waals surface area contributed by atoms with E-state index >= 15 is 0 Å². The number of hydrogen-bond acceptors (Lipinski definition) is 6. The number of benzene rings is 1. The second-order valence-electron chi connectivity index (χ2n) is 6.59. The van der Waals surface area contributed by atoms with Crippen LogP contribution in [0.5, 0.6) is 5.75 Å². The van der Waals surface area contributed by atoms with Crippen molar-refractivity contribution in [2.24, 2.45) is 0 Å². The van der Waals surface area contributed by atoms with Gasteiger partial charge in [-0.25, -0.2) is 4.79 Å². The highest BCUT2D eigenvalue weighted by atomic mass is 16.5. The van der Waals surface area contributed by atoms with Crippen molar-refractivity contribution in [1.82, 2.24) is 10.2 Å². The standard InChI is InChI=1S/C19H22N2O6/c1-2-21(10-18(23)24)14-7-13(8-14)20-17(22)11-26-15-5-3-12-4-6-19(25)27-16(12)9-15/h3-6,9,13-14H,2,7-8,10-11H2,1H3,(H,20,22)(H,23,24). The fraction of sp³-hybridized carbons (Fsp3) is 0.421. The molecule has 0 spiro atoms. The molecule has 1 aliphatic rings. The van der Waals surface area contributed by atoms with Crippen LogP contribution in [0.3, 0.4) is 0 Å². The minimum Gasteiger partial charge on any atom is -0.484 e. The van der Waals surface area contributed by atoms with Gasteiger partial charge in [-0.3, -0.25) is 14.5 Å². The average molecular weight is 374 g/mol. The average Bonchev–Trinajstić information content (AvgIpc) is 2.60. The lowest BCUT2D eigenvalue weighted by Gasteiger charge is -2.42. The molecular weight excluding hydrogens is 352 g/mol. The molecule has 0 saturated heterocycles. The lowest BCUT2D eigenvalue weighted by Crippen LogP contribution is -2.55. The number of carbonyl (C=O) groups excluding carboxylic acids is 1. The van der Waals surface area contributed by atoms with Crippen LogP contribution in [-0.2, 0) is 9.59 Å². The lowest BCUT2D eigenvalue weighted by molar-refractivity contribution is -0.139. The first-order valence-corrected chi connectivity index (χ1v) is 8.86. The van der Waals surface area contributed by atoms with Crippen LogP contribution in [0.25, 0.3) is 11.0 Å². The molecule has 1 heterocycles. The van der Waals surface area contributed by atoms with Gasteiger partial charge in [0.1, 0.15) is 11.3 Å². The monoisotopic (exact) mass is 374 g/mol. The third-order valence-electron chi connectivity index (χ3n) is 4.70. The van der Waals surface area contributed by atoms with Gasteiger partial charge in [0.2, 0.25) is 0 Å². The number of nitrogens with zero attached hydrogens (tertiary/aromatic N) is 1. The van der Waals surface area contributed by atoms with Gasteiger partial charge in [-0.15, -0.1) is 0 Å². The zero-order chi connectivity index (χ0) is 19.4. The van der Waals surface area contributed by atoms with Gasteiger partial charge in [0.25, 0.3) is 5.91 Å². The van der Waals surface area contributed by atoms with Crippen LogP contribution in [0.2, 0.25) is 0 Å². The minimum absolute atomic E-state index is 0.0169. The van der Waals surface area contributed by atoms with Crippen molar-refractivity contribution >= 4 is 22.8 Å². The van der Waals surface area contributed by atoms with Crippen LogP contribution in [0.1, 0.15) is 19.8 Å². The Morgan fingerprint density at radius 3 is 2.74 bits per heavy atom. The molecule has 1 aliphatic carbocycles. The van der Waals surface area contributed by atoms with Gasteiger partial charge in [0, 0.05) is 29.6 Å². The van der Waals surface area contributed by atoms with E-state index in [9.17, 15) is 14.4 Å². The van der Waals surface area contributed by atoms with E-state index in [4.69, 9.17) is 14.3 Å². The maximum atomic E-state index is 12.0. The number of carbonyl (C=O) groups is 2. The van der Waals surface area contributed by atoms with Gasteiger partial charge in [-0.2, -0.15) is 0 Å². The second-order valence-corrected chi connectivity index (χ2v) is 6.59. The largest absolute Gasteiger partial charge is 0.484 e. The topological polar surface area (TPSA) is 109 Å². The van der Waals surface area contributed by atoms with Gasteiger partial charge >= 0.3 is 11.6 Å². The number of ether oxygens (including phenoxy) is 1. The Bertz CT molecular complexity index is 887. The van der Waals surface area contributed by atoms with Crippen LogP contribution in [0, 0.1) is 0 Å². The Morgan fingerprint density at radius 2 is 2.04 bits per heavy atom. The summed E-state index contributed by atoms with van der Waals surface area (Å²) < 4.78 is 10.6. The van der Waals surface area contributed by atoms with Crippen molar-refractivity contribution in [2.75, 3.05) is 19.7 Å². The number of amides is 1. The first-order chi connectivity index (χ1) is 12.9. The van der Waals surface area contributed by atoms with Crippen LogP contribution in [-0.4, -0.2) is 53.7 Å². The Morgan fingerprint density at radius 1 is 1.30 bits per heavy atom. The molecule has 1 saturated carbocycles. The summed E-state index contributed by atoms with van der Waals surface area (Å²) in [7, 11) is 0. The van der Waals surface area contributed by atoms with Gasteiger partial charge in [-0.1, -0.05) is 6.92 Å².